The number of carbonyl (C=O) groups excluding carboxylic acids is 2. The fourth-order valence-corrected chi connectivity index (χ4v) is 5.46. The minimum Gasteiger partial charge on any atom is -0.450 e. The summed E-state index contributed by atoms with van der Waals surface area (Å²) < 4.78 is 5.21. The SMILES string of the molecule is CCOC(=O)N1CC2CCC1CC2N1C[C@@H]2[C@H](C1)[C@H]2C(=O)N(C)OC. The van der Waals surface area contributed by atoms with Crippen molar-refractivity contribution in [2.24, 2.45) is 23.7 Å². The number of likely N-dealkylation sites (tertiary alicyclic amines) is 1. The average molecular weight is 351 g/mol. The Morgan fingerprint density at radius 2 is 1.88 bits per heavy atom. The number of nitrogens with zero attached hydrogens (tertiary/aromatic N) is 3. The molecule has 7 nitrogen and oxygen atoms in total. The summed E-state index contributed by atoms with van der Waals surface area (Å²) in [5.74, 6) is 1.80. The van der Waals surface area contributed by atoms with Gasteiger partial charge in [0.05, 0.1) is 13.7 Å². The Labute approximate surface area is 149 Å². The molecule has 140 valence electrons. The van der Waals surface area contributed by atoms with Crippen molar-refractivity contribution in [3.8, 4) is 0 Å². The number of carbonyl (C=O) groups is 2. The Balaban J connectivity index is 1.33. The summed E-state index contributed by atoms with van der Waals surface area (Å²) in [5.41, 5.74) is 0. The lowest BCUT2D eigenvalue weighted by Gasteiger charge is -2.51. The minimum atomic E-state index is -0.145. The normalized spacial score (nSPS) is 39.2. The van der Waals surface area contributed by atoms with Crippen molar-refractivity contribution in [3.05, 3.63) is 0 Å². The molecule has 3 unspecified atom stereocenters. The molecule has 3 saturated heterocycles. The average Bonchev–Trinajstić information content (AvgIpc) is 3.13. The van der Waals surface area contributed by atoms with E-state index in [-0.39, 0.29) is 17.9 Å². The highest BCUT2D eigenvalue weighted by Crippen LogP contribution is 2.54. The van der Waals surface area contributed by atoms with Crippen molar-refractivity contribution in [2.75, 3.05) is 40.4 Å². The maximum atomic E-state index is 12.3. The largest absolute Gasteiger partial charge is 0.450 e. The lowest BCUT2D eigenvalue weighted by molar-refractivity contribution is -0.171. The van der Waals surface area contributed by atoms with Crippen LogP contribution >= 0.6 is 0 Å². The van der Waals surface area contributed by atoms with E-state index in [0.29, 0.717) is 36.4 Å². The van der Waals surface area contributed by atoms with Crippen molar-refractivity contribution in [3.63, 3.8) is 0 Å². The molecule has 3 aliphatic heterocycles. The molecule has 3 heterocycles. The van der Waals surface area contributed by atoms with Gasteiger partial charge in [-0.2, -0.15) is 0 Å². The van der Waals surface area contributed by atoms with Crippen LogP contribution in [0.3, 0.4) is 0 Å². The molecule has 6 atom stereocenters. The van der Waals surface area contributed by atoms with Crippen LogP contribution in [0.2, 0.25) is 0 Å². The zero-order chi connectivity index (χ0) is 17.7. The number of amides is 2. The van der Waals surface area contributed by atoms with E-state index >= 15 is 0 Å². The van der Waals surface area contributed by atoms with Crippen LogP contribution in [0.4, 0.5) is 4.79 Å². The first-order valence-corrected chi connectivity index (χ1v) is 9.54. The smallest absolute Gasteiger partial charge is 0.410 e. The Morgan fingerprint density at radius 1 is 1.16 bits per heavy atom. The van der Waals surface area contributed by atoms with Crippen molar-refractivity contribution >= 4 is 12.0 Å². The summed E-state index contributed by atoms with van der Waals surface area (Å²) in [6.07, 6.45) is 3.21. The molecule has 5 aliphatic rings. The number of piperidine rings is 3. The number of fused-ring (bicyclic) bond motifs is 4. The van der Waals surface area contributed by atoms with Crippen LogP contribution in [0.25, 0.3) is 0 Å². The van der Waals surface area contributed by atoms with Crippen LogP contribution in [0.5, 0.6) is 0 Å². The third-order valence-electron chi connectivity index (χ3n) is 6.86. The quantitative estimate of drug-likeness (QED) is 0.712. The molecule has 0 spiro atoms. The molecule has 0 aromatic rings. The van der Waals surface area contributed by atoms with Crippen molar-refractivity contribution < 1.29 is 19.2 Å². The van der Waals surface area contributed by atoms with Crippen molar-refractivity contribution in [2.45, 2.75) is 38.3 Å². The molecule has 2 saturated carbocycles. The van der Waals surface area contributed by atoms with Gasteiger partial charge >= 0.3 is 6.09 Å². The van der Waals surface area contributed by atoms with E-state index in [1.54, 1.807) is 7.05 Å². The molecule has 0 aromatic heterocycles. The summed E-state index contributed by atoms with van der Waals surface area (Å²) >= 11 is 0. The summed E-state index contributed by atoms with van der Waals surface area (Å²) in [4.78, 5) is 34.0. The van der Waals surface area contributed by atoms with Gasteiger partial charge in [0.15, 0.2) is 0 Å². The van der Waals surface area contributed by atoms with E-state index in [2.05, 4.69) is 4.90 Å². The van der Waals surface area contributed by atoms with Gasteiger partial charge < -0.3 is 9.64 Å². The van der Waals surface area contributed by atoms with Crippen LogP contribution in [-0.4, -0.2) is 79.3 Å². The van der Waals surface area contributed by atoms with E-state index < -0.39 is 0 Å². The molecule has 2 aliphatic carbocycles. The van der Waals surface area contributed by atoms with Crippen LogP contribution < -0.4 is 0 Å². The van der Waals surface area contributed by atoms with Crippen LogP contribution in [0, 0.1) is 23.7 Å². The van der Waals surface area contributed by atoms with Gasteiger partial charge in [-0.05, 0) is 43.9 Å². The highest BCUT2D eigenvalue weighted by Gasteiger charge is 2.62. The van der Waals surface area contributed by atoms with Crippen molar-refractivity contribution in [1.29, 1.82) is 0 Å². The Kier molecular flexibility index (Phi) is 4.40. The van der Waals surface area contributed by atoms with Gasteiger partial charge in [0.25, 0.3) is 0 Å². The fraction of sp³-hybridized carbons (Fsp3) is 0.889. The monoisotopic (exact) mass is 351 g/mol. The molecule has 0 N–H and O–H groups in total. The Bertz CT molecular complexity index is 544. The Morgan fingerprint density at radius 3 is 2.44 bits per heavy atom. The second kappa shape index (κ2) is 6.43. The third kappa shape index (κ3) is 2.81. The lowest BCUT2D eigenvalue weighted by Crippen LogP contribution is -2.60. The maximum absolute atomic E-state index is 12.3. The van der Waals surface area contributed by atoms with Crippen LogP contribution in [0.1, 0.15) is 26.2 Å². The molecule has 5 fully saturated rings. The number of hydrogen-bond donors (Lipinski definition) is 0. The first-order valence-electron chi connectivity index (χ1n) is 9.54. The molecular weight excluding hydrogens is 322 g/mol. The third-order valence-corrected chi connectivity index (χ3v) is 6.86. The minimum absolute atomic E-state index is 0.121. The lowest BCUT2D eigenvalue weighted by atomic mass is 9.75. The zero-order valence-electron chi connectivity index (χ0n) is 15.4. The molecular formula is C18H29N3O4. The van der Waals surface area contributed by atoms with Gasteiger partial charge in [0.1, 0.15) is 0 Å². The second-order valence-corrected chi connectivity index (χ2v) is 7.97. The maximum Gasteiger partial charge on any atom is 0.410 e. The first kappa shape index (κ1) is 17.1. The van der Waals surface area contributed by atoms with Gasteiger partial charge in [-0.1, -0.05) is 0 Å². The Hall–Kier alpha value is -1.34. The number of ether oxygens (including phenoxy) is 1. The van der Waals surface area contributed by atoms with E-state index in [0.717, 1.165) is 32.5 Å². The van der Waals surface area contributed by atoms with Crippen LogP contribution in [0.15, 0.2) is 0 Å². The van der Waals surface area contributed by atoms with E-state index in [1.165, 1.54) is 18.6 Å². The second-order valence-electron chi connectivity index (χ2n) is 7.97. The van der Waals surface area contributed by atoms with Gasteiger partial charge in [0.2, 0.25) is 5.91 Å². The first-order chi connectivity index (χ1) is 12.0. The highest BCUT2D eigenvalue weighted by molar-refractivity contribution is 5.81. The number of hydrogen-bond acceptors (Lipinski definition) is 5. The molecule has 25 heavy (non-hydrogen) atoms. The molecule has 5 rings (SSSR count). The predicted octanol–water partition coefficient (Wildman–Crippen LogP) is 1.19. The van der Waals surface area contributed by atoms with Gasteiger partial charge in [-0.25, -0.2) is 9.86 Å². The highest BCUT2D eigenvalue weighted by atomic mass is 16.7. The van der Waals surface area contributed by atoms with Crippen LogP contribution in [-0.2, 0) is 14.4 Å². The molecule has 0 aromatic carbocycles. The summed E-state index contributed by atoms with van der Waals surface area (Å²) in [7, 11) is 3.23. The predicted molar refractivity (Wildman–Crippen MR) is 90.5 cm³/mol. The number of hydroxylamine groups is 2. The summed E-state index contributed by atoms with van der Waals surface area (Å²) in [6.45, 7) is 5.17. The molecule has 7 heteroatoms. The van der Waals surface area contributed by atoms with E-state index in [1.807, 2.05) is 11.8 Å². The molecule has 2 amide bonds. The van der Waals surface area contributed by atoms with Gasteiger partial charge in [-0.15, -0.1) is 0 Å². The molecule has 0 radical (unpaired) electrons. The summed E-state index contributed by atoms with van der Waals surface area (Å²) in [6, 6.07) is 0.885. The number of rotatable bonds is 4. The fourth-order valence-electron chi connectivity index (χ4n) is 5.46. The van der Waals surface area contributed by atoms with Crippen molar-refractivity contribution in [1.82, 2.24) is 14.9 Å². The van der Waals surface area contributed by atoms with Gasteiger partial charge in [0, 0.05) is 44.7 Å². The zero-order valence-corrected chi connectivity index (χ0v) is 15.4. The van der Waals surface area contributed by atoms with E-state index in [4.69, 9.17) is 9.57 Å². The topological polar surface area (TPSA) is 62.3 Å². The van der Waals surface area contributed by atoms with E-state index in [9.17, 15) is 9.59 Å². The standard InChI is InChI=1S/C18H29N3O4/c1-4-25-18(23)21-8-11-5-6-12(21)7-15(11)20-9-13-14(10-20)16(13)17(22)19(2)24-3/h11-16H,4-10H2,1-3H3/t11?,12?,13-,14+,15?,16+. The summed E-state index contributed by atoms with van der Waals surface area (Å²) in [5, 5.41) is 1.37. The van der Waals surface area contributed by atoms with Gasteiger partial charge in [-0.3, -0.25) is 14.5 Å². The molecule has 2 bridgehead atoms.